The SMILES string of the molecule is CC.CNCCF.Oc1cc(-c2cn[nH]c2)ccc1-c1cnc(N2CCCC2)nn1. The van der Waals surface area contributed by atoms with Crippen molar-refractivity contribution in [3.05, 3.63) is 36.8 Å². The average Bonchev–Trinajstić information content (AvgIpc) is 3.51. The summed E-state index contributed by atoms with van der Waals surface area (Å²) in [6.07, 6.45) is 7.48. The summed E-state index contributed by atoms with van der Waals surface area (Å²) in [5.74, 6) is 0.800. The number of alkyl halides is 1. The summed E-state index contributed by atoms with van der Waals surface area (Å²) >= 11 is 0. The molecule has 0 spiro atoms. The van der Waals surface area contributed by atoms with Gasteiger partial charge in [-0.25, -0.2) is 9.37 Å². The van der Waals surface area contributed by atoms with Crippen molar-refractivity contribution in [1.29, 1.82) is 0 Å². The molecule has 1 fully saturated rings. The normalized spacial score (nSPS) is 12.6. The molecule has 1 aliphatic heterocycles. The minimum atomic E-state index is -0.267. The number of phenolic OH excluding ortho intramolecular Hbond substituents is 1. The van der Waals surface area contributed by atoms with Crippen LogP contribution in [0.15, 0.2) is 36.8 Å². The smallest absolute Gasteiger partial charge is 0.245 e. The monoisotopic (exact) mass is 415 g/mol. The molecule has 3 N–H and O–H groups in total. The Bertz CT molecular complexity index is 848. The van der Waals surface area contributed by atoms with Crippen molar-refractivity contribution in [2.75, 3.05) is 38.3 Å². The number of rotatable bonds is 5. The van der Waals surface area contributed by atoms with E-state index >= 15 is 0 Å². The van der Waals surface area contributed by atoms with Crippen LogP contribution in [-0.4, -0.2) is 63.8 Å². The van der Waals surface area contributed by atoms with Crippen molar-refractivity contribution < 1.29 is 9.50 Å². The molecule has 0 amide bonds. The van der Waals surface area contributed by atoms with Crippen molar-refractivity contribution in [3.8, 4) is 28.1 Å². The molecule has 0 bridgehead atoms. The Balaban J connectivity index is 0.000000404. The van der Waals surface area contributed by atoms with Gasteiger partial charge in [0.1, 0.15) is 18.1 Å². The topological polar surface area (TPSA) is 103 Å². The van der Waals surface area contributed by atoms with Gasteiger partial charge in [-0.2, -0.15) is 5.10 Å². The minimum absolute atomic E-state index is 0.147. The van der Waals surface area contributed by atoms with Crippen LogP contribution in [0.5, 0.6) is 5.75 Å². The number of halogens is 1. The minimum Gasteiger partial charge on any atom is -0.507 e. The first kappa shape index (κ1) is 23.2. The summed E-state index contributed by atoms with van der Waals surface area (Å²) in [5.41, 5.74) is 2.98. The zero-order valence-corrected chi connectivity index (χ0v) is 17.8. The molecule has 0 radical (unpaired) electrons. The third kappa shape index (κ3) is 6.21. The maximum absolute atomic E-state index is 10.9. The van der Waals surface area contributed by atoms with Crippen LogP contribution in [0.1, 0.15) is 26.7 Å². The first-order chi connectivity index (χ1) is 14.7. The molecule has 1 aromatic carbocycles. The second-order valence-electron chi connectivity index (χ2n) is 6.35. The molecule has 3 heterocycles. The van der Waals surface area contributed by atoms with Crippen LogP contribution in [0.4, 0.5) is 10.3 Å². The van der Waals surface area contributed by atoms with E-state index in [9.17, 15) is 9.50 Å². The molecule has 3 aromatic rings. The highest BCUT2D eigenvalue weighted by Crippen LogP contribution is 2.31. The Morgan fingerprint density at radius 1 is 1.13 bits per heavy atom. The summed E-state index contributed by atoms with van der Waals surface area (Å²) in [7, 11) is 1.72. The van der Waals surface area contributed by atoms with E-state index in [1.165, 1.54) is 12.8 Å². The lowest BCUT2D eigenvalue weighted by molar-refractivity contribution is 0.477. The van der Waals surface area contributed by atoms with Gasteiger partial charge < -0.3 is 15.3 Å². The summed E-state index contributed by atoms with van der Waals surface area (Å²) in [4.78, 5) is 6.50. The zero-order valence-electron chi connectivity index (χ0n) is 17.8. The van der Waals surface area contributed by atoms with Crippen molar-refractivity contribution in [2.45, 2.75) is 26.7 Å². The van der Waals surface area contributed by atoms with E-state index in [0.29, 0.717) is 23.8 Å². The average molecular weight is 416 g/mol. The van der Waals surface area contributed by atoms with Crippen LogP contribution in [0, 0.1) is 0 Å². The number of phenols is 1. The molecule has 0 atom stereocenters. The molecule has 0 aliphatic carbocycles. The van der Waals surface area contributed by atoms with E-state index in [1.54, 1.807) is 31.7 Å². The fraction of sp³-hybridized carbons (Fsp3) is 0.429. The van der Waals surface area contributed by atoms with Crippen LogP contribution < -0.4 is 10.2 Å². The van der Waals surface area contributed by atoms with Gasteiger partial charge in [0.05, 0.1) is 12.4 Å². The summed E-state index contributed by atoms with van der Waals surface area (Å²) in [5, 5.41) is 28.0. The number of hydrogen-bond acceptors (Lipinski definition) is 7. The Kier molecular flexibility index (Phi) is 9.66. The number of anilines is 1. The second-order valence-corrected chi connectivity index (χ2v) is 6.35. The maximum Gasteiger partial charge on any atom is 0.245 e. The Hall–Kier alpha value is -3.07. The number of hydrogen-bond donors (Lipinski definition) is 3. The van der Waals surface area contributed by atoms with E-state index < -0.39 is 0 Å². The fourth-order valence-corrected chi connectivity index (χ4v) is 2.89. The van der Waals surface area contributed by atoms with Crippen LogP contribution in [-0.2, 0) is 0 Å². The molecule has 2 aromatic heterocycles. The summed E-state index contributed by atoms with van der Waals surface area (Å²) in [6.45, 7) is 6.16. The standard InChI is InChI=1S/C16H16N6O.C3H8FN.C2H6/c23-15-7-11(12-8-18-19-9-12)3-4-13(15)14-10-17-16(21-20-14)22-5-1-2-6-22;1-5-3-2-4;1-2/h3-4,7-10,23H,1-2,5-6H2,(H,18,19);5H,2-3H2,1H3;1-2H3. The van der Waals surface area contributed by atoms with E-state index in [1.807, 2.05) is 26.0 Å². The maximum atomic E-state index is 10.9. The number of aromatic nitrogens is 5. The van der Waals surface area contributed by atoms with Crippen molar-refractivity contribution in [3.63, 3.8) is 0 Å². The van der Waals surface area contributed by atoms with Crippen molar-refractivity contribution in [2.24, 2.45) is 0 Å². The number of aromatic hydroxyl groups is 1. The predicted molar refractivity (Wildman–Crippen MR) is 117 cm³/mol. The first-order valence-electron chi connectivity index (χ1n) is 10.2. The number of nitrogens with zero attached hydrogens (tertiary/aromatic N) is 5. The molecule has 4 rings (SSSR count). The van der Waals surface area contributed by atoms with Gasteiger partial charge in [-0.3, -0.25) is 5.10 Å². The molecule has 0 saturated carbocycles. The molecule has 9 heteroatoms. The predicted octanol–water partition coefficient (Wildman–Crippen LogP) is 3.44. The lowest BCUT2D eigenvalue weighted by Gasteiger charge is -2.14. The molecule has 30 heavy (non-hydrogen) atoms. The third-order valence-electron chi connectivity index (χ3n) is 4.39. The fourth-order valence-electron chi connectivity index (χ4n) is 2.89. The van der Waals surface area contributed by atoms with Gasteiger partial charge in [0.25, 0.3) is 0 Å². The lowest BCUT2D eigenvalue weighted by atomic mass is 10.0. The van der Waals surface area contributed by atoms with Gasteiger partial charge in [-0.15, -0.1) is 10.2 Å². The van der Waals surface area contributed by atoms with Crippen LogP contribution in [0.3, 0.4) is 0 Å². The highest BCUT2D eigenvalue weighted by Gasteiger charge is 2.16. The zero-order chi connectivity index (χ0) is 21.8. The Morgan fingerprint density at radius 3 is 2.40 bits per heavy atom. The van der Waals surface area contributed by atoms with Crippen LogP contribution in [0.25, 0.3) is 22.4 Å². The van der Waals surface area contributed by atoms with E-state index in [4.69, 9.17) is 0 Å². The first-order valence-corrected chi connectivity index (χ1v) is 10.2. The number of aromatic amines is 1. The van der Waals surface area contributed by atoms with Gasteiger partial charge in [-0.05, 0) is 37.6 Å². The highest BCUT2D eigenvalue weighted by atomic mass is 19.1. The van der Waals surface area contributed by atoms with Gasteiger partial charge in [0.15, 0.2) is 0 Å². The molecule has 8 nitrogen and oxygen atoms in total. The lowest BCUT2D eigenvalue weighted by Crippen LogP contribution is -2.20. The Morgan fingerprint density at radius 2 is 1.90 bits per heavy atom. The van der Waals surface area contributed by atoms with Gasteiger partial charge in [0.2, 0.25) is 5.95 Å². The second kappa shape index (κ2) is 12.5. The van der Waals surface area contributed by atoms with E-state index in [-0.39, 0.29) is 12.4 Å². The van der Waals surface area contributed by atoms with Crippen molar-refractivity contribution >= 4 is 5.95 Å². The van der Waals surface area contributed by atoms with E-state index in [0.717, 1.165) is 24.2 Å². The van der Waals surface area contributed by atoms with Crippen LogP contribution >= 0.6 is 0 Å². The summed E-state index contributed by atoms with van der Waals surface area (Å²) < 4.78 is 10.9. The van der Waals surface area contributed by atoms with Gasteiger partial charge in [-0.1, -0.05) is 19.9 Å². The number of benzene rings is 1. The van der Waals surface area contributed by atoms with Gasteiger partial charge >= 0.3 is 0 Å². The molecule has 162 valence electrons. The molecule has 0 unspecified atom stereocenters. The molecule has 1 saturated heterocycles. The van der Waals surface area contributed by atoms with Gasteiger partial charge in [0, 0.05) is 37.0 Å². The number of H-pyrrole nitrogens is 1. The number of nitrogens with one attached hydrogen (secondary N) is 2. The molecule has 1 aliphatic rings. The van der Waals surface area contributed by atoms with Crippen LogP contribution in [0.2, 0.25) is 0 Å². The quantitative estimate of drug-likeness (QED) is 0.586. The Labute approximate surface area is 176 Å². The van der Waals surface area contributed by atoms with Crippen molar-refractivity contribution in [1.82, 2.24) is 30.7 Å². The molecular formula is C21H30FN7O. The molecular weight excluding hydrogens is 385 g/mol. The highest BCUT2D eigenvalue weighted by molar-refractivity contribution is 5.73. The summed E-state index contributed by atoms with van der Waals surface area (Å²) in [6, 6.07) is 5.42. The van der Waals surface area contributed by atoms with E-state index in [2.05, 4.69) is 35.6 Å². The largest absolute Gasteiger partial charge is 0.507 e. The third-order valence-corrected chi connectivity index (χ3v) is 4.39.